The van der Waals surface area contributed by atoms with Gasteiger partial charge in [-0.1, -0.05) is 41.7 Å². The van der Waals surface area contributed by atoms with Crippen molar-refractivity contribution in [1.29, 1.82) is 0 Å². The molecule has 2 atom stereocenters. The van der Waals surface area contributed by atoms with E-state index in [9.17, 15) is 0 Å². The first-order chi connectivity index (χ1) is 7.45. The van der Waals surface area contributed by atoms with E-state index in [-0.39, 0.29) is 23.7 Å². The van der Waals surface area contributed by atoms with Gasteiger partial charge in [0.1, 0.15) is 11.0 Å². The SMILES string of the molecule is CC(CO)C(C)Nc1nc(Cl)c(Cl)cc1Cl. The van der Waals surface area contributed by atoms with Gasteiger partial charge in [-0.2, -0.15) is 0 Å². The molecule has 6 heteroatoms. The van der Waals surface area contributed by atoms with Crippen molar-refractivity contribution >= 4 is 40.6 Å². The lowest BCUT2D eigenvalue weighted by molar-refractivity contribution is 0.226. The molecule has 0 aliphatic carbocycles. The van der Waals surface area contributed by atoms with Crippen LogP contribution in [0.3, 0.4) is 0 Å². The van der Waals surface area contributed by atoms with Crippen LogP contribution in [0.1, 0.15) is 13.8 Å². The highest BCUT2D eigenvalue weighted by Crippen LogP contribution is 2.29. The van der Waals surface area contributed by atoms with E-state index in [0.717, 1.165) is 0 Å². The summed E-state index contributed by atoms with van der Waals surface area (Å²) in [6.45, 7) is 3.94. The predicted molar refractivity (Wildman–Crippen MR) is 68.6 cm³/mol. The van der Waals surface area contributed by atoms with E-state index >= 15 is 0 Å². The first-order valence-electron chi connectivity index (χ1n) is 4.84. The van der Waals surface area contributed by atoms with Gasteiger partial charge in [-0.15, -0.1) is 0 Å². The molecule has 0 saturated heterocycles. The number of pyridine rings is 1. The van der Waals surface area contributed by atoms with E-state index in [0.29, 0.717) is 15.9 Å². The molecule has 3 nitrogen and oxygen atoms in total. The number of hydrogen-bond acceptors (Lipinski definition) is 3. The van der Waals surface area contributed by atoms with Crippen LogP contribution in [-0.4, -0.2) is 22.7 Å². The summed E-state index contributed by atoms with van der Waals surface area (Å²) in [5.41, 5.74) is 0. The Morgan fingerprint density at radius 3 is 2.50 bits per heavy atom. The van der Waals surface area contributed by atoms with Gasteiger partial charge < -0.3 is 10.4 Å². The number of halogens is 3. The van der Waals surface area contributed by atoms with Gasteiger partial charge in [0, 0.05) is 12.6 Å². The zero-order valence-electron chi connectivity index (χ0n) is 8.97. The molecule has 0 spiro atoms. The molecule has 0 aliphatic rings. The molecule has 1 heterocycles. The summed E-state index contributed by atoms with van der Waals surface area (Å²) in [5, 5.41) is 13.0. The monoisotopic (exact) mass is 282 g/mol. The second kappa shape index (κ2) is 5.92. The van der Waals surface area contributed by atoms with Crippen molar-refractivity contribution in [3.63, 3.8) is 0 Å². The Balaban J connectivity index is 2.85. The van der Waals surface area contributed by atoms with Crippen LogP contribution in [0.25, 0.3) is 0 Å². The fraction of sp³-hybridized carbons (Fsp3) is 0.500. The van der Waals surface area contributed by atoms with Gasteiger partial charge in [-0.25, -0.2) is 4.98 Å². The van der Waals surface area contributed by atoms with E-state index in [1.165, 1.54) is 6.07 Å². The van der Waals surface area contributed by atoms with Gasteiger partial charge in [-0.05, 0) is 18.9 Å². The first-order valence-corrected chi connectivity index (χ1v) is 5.98. The molecule has 90 valence electrons. The van der Waals surface area contributed by atoms with Gasteiger partial charge in [0.05, 0.1) is 10.0 Å². The summed E-state index contributed by atoms with van der Waals surface area (Å²) < 4.78 is 0. The lowest BCUT2D eigenvalue weighted by atomic mass is 10.1. The minimum atomic E-state index is 0.0345. The maximum Gasteiger partial charge on any atom is 0.150 e. The van der Waals surface area contributed by atoms with Crippen LogP contribution in [0.15, 0.2) is 6.07 Å². The van der Waals surface area contributed by atoms with Gasteiger partial charge in [0.25, 0.3) is 0 Å². The number of hydrogen-bond donors (Lipinski definition) is 2. The largest absolute Gasteiger partial charge is 0.396 e. The summed E-state index contributed by atoms with van der Waals surface area (Å²) in [7, 11) is 0. The number of rotatable bonds is 4. The molecule has 0 radical (unpaired) electrons. The maximum atomic E-state index is 9.01. The molecule has 1 aromatic heterocycles. The van der Waals surface area contributed by atoms with Gasteiger partial charge in [0.15, 0.2) is 0 Å². The van der Waals surface area contributed by atoms with Crippen molar-refractivity contribution in [2.45, 2.75) is 19.9 Å². The Morgan fingerprint density at radius 1 is 1.31 bits per heavy atom. The Morgan fingerprint density at radius 2 is 1.94 bits per heavy atom. The molecule has 1 rings (SSSR count). The lowest BCUT2D eigenvalue weighted by Crippen LogP contribution is -2.26. The van der Waals surface area contributed by atoms with Crippen LogP contribution < -0.4 is 5.32 Å². The number of aliphatic hydroxyl groups is 1. The quantitative estimate of drug-likeness (QED) is 0.832. The first kappa shape index (κ1) is 13.8. The number of nitrogens with zero attached hydrogens (tertiary/aromatic N) is 1. The molecule has 0 amide bonds. The molecule has 0 aromatic carbocycles. The fourth-order valence-corrected chi connectivity index (χ4v) is 1.61. The number of anilines is 1. The molecule has 2 unspecified atom stereocenters. The normalized spacial score (nSPS) is 14.6. The summed E-state index contributed by atoms with van der Waals surface area (Å²) in [4.78, 5) is 4.04. The van der Waals surface area contributed by atoms with E-state index in [4.69, 9.17) is 39.9 Å². The van der Waals surface area contributed by atoms with Gasteiger partial charge >= 0.3 is 0 Å². The maximum absolute atomic E-state index is 9.01. The molecule has 1 aromatic rings. The Hall–Kier alpha value is -0.220. The van der Waals surface area contributed by atoms with Crippen LogP contribution in [0.5, 0.6) is 0 Å². The van der Waals surface area contributed by atoms with Crippen molar-refractivity contribution < 1.29 is 5.11 Å². The third-order valence-electron chi connectivity index (χ3n) is 2.39. The summed E-state index contributed by atoms with van der Waals surface area (Å²) in [6.07, 6.45) is 0. The average Bonchev–Trinajstić information content (AvgIpc) is 2.24. The van der Waals surface area contributed by atoms with E-state index in [2.05, 4.69) is 10.3 Å². The van der Waals surface area contributed by atoms with Gasteiger partial charge in [-0.3, -0.25) is 0 Å². The Bertz CT molecular complexity index is 373. The third kappa shape index (κ3) is 3.39. The number of aliphatic hydroxyl groups excluding tert-OH is 1. The standard InChI is InChI=1S/C10H13Cl3N2O/c1-5(4-16)6(2)14-10-8(12)3-7(11)9(13)15-10/h3,5-6,16H,4H2,1-2H3,(H,14,15). The van der Waals surface area contributed by atoms with Crippen molar-refractivity contribution in [3.8, 4) is 0 Å². The minimum absolute atomic E-state index is 0.0345. The fourth-order valence-electron chi connectivity index (χ4n) is 1.06. The van der Waals surface area contributed by atoms with E-state index in [1.54, 1.807) is 0 Å². The summed E-state index contributed by atoms with van der Waals surface area (Å²) in [6, 6.07) is 1.57. The van der Waals surface area contributed by atoms with Crippen molar-refractivity contribution in [2.24, 2.45) is 5.92 Å². The Labute approximate surface area is 110 Å². The predicted octanol–water partition coefficient (Wildman–Crippen LogP) is 3.47. The molecule has 0 saturated carbocycles. The van der Waals surface area contributed by atoms with Crippen LogP contribution >= 0.6 is 34.8 Å². The third-order valence-corrected chi connectivity index (χ3v) is 3.35. The van der Waals surface area contributed by atoms with Crippen molar-refractivity contribution in [2.75, 3.05) is 11.9 Å². The summed E-state index contributed by atoms with van der Waals surface area (Å²) >= 11 is 17.5. The van der Waals surface area contributed by atoms with Crippen LogP contribution in [0.2, 0.25) is 15.2 Å². The Kier molecular flexibility index (Phi) is 5.12. The second-order valence-corrected chi connectivity index (χ2v) is 4.86. The van der Waals surface area contributed by atoms with Crippen molar-refractivity contribution in [3.05, 3.63) is 21.3 Å². The zero-order chi connectivity index (χ0) is 12.3. The molecule has 16 heavy (non-hydrogen) atoms. The van der Waals surface area contributed by atoms with E-state index in [1.807, 2.05) is 13.8 Å². The molecule has 0 aliphatic heterocycles. The molecule has 2 N–H and O–H groups in total. The van der Waals surface area contributed by atoms with Gasteiger partial charge in [0.2, 0.25) is 0 Å². The topological polar surface area (TPSA) is 45.1 Å². The highest BCUT2D eigenvalue weighted by atomic mass is 35.5. The number of nitrogens with one attached hydrogen (secondary N) is 1. The number of aromatic nitrogens is 1. The van der Waals surface area contributed by atoms with E-state index < -0.39 is 0 Å². The smallest absolute Gasteiger partial charge is 0.150 e. The van der Waals surface area contributed by atoms with Crippen LogP contribution in [0, 0.1) is 5.92 Å². The summed E-state index contributed by atoms with van der Waals surface area (Å²) in [5.74, 6) is 0.566. The lowest BCUT2D eigenvalue weighted by Gasteiger charge is -2.20. The highest BCUT2D eigenvalue weighted by Gasteiger charge is 2.14. The van der Waals surface area contributed by atoms with Crippen LogP contribution in [0.4, 0.5) is 5.82 Å². The van der Waals surface area contributed by atoms with Crippen LogP contribution in [-0.2, 0) is 0 Å². The molecule has 0 bridgehead atoms. The zero-order valence-corrected chi connectivity index (χ0v) is 11.2. The second-order valence-electron chi connectivity index (χ2n) is 3.68. The molecular weight excluding hydrogens is 270 g/mol. The molecule has 0 fully saturated rings. The average molecular weight is 284 g/mol. The minimum Gasteiger partial charge on any atom is -0.396 e. The molecular formula is C10H13Cl3N2O. The highest BCUT2D eigenvalue weighted by molar-refractivity contribution is 6.42. The van der Waals surface area contributed by atoms with Crippen molar-refractivity contribution in [1.82, 2.24) is 4.98 Å².